The van der Waals surface area contributed by atoms with E-state index in [1.165, 1.54) is 0 Å². The molecule has 12 heteroatoms. The van der Waals surface area contributed by atoms with Gasteiger partial charge in [0.05, 0.1) is 0 Å². The monoisotopic (exact) mass is 392 g/mol. The molecule has 0 atom stereocenters. The smallest absolute Gasteiger partial charge is 0.454 e. The Kier molecular flexibility index (Phi) is 6.60. The molecule has 1 N–H and O–H groups in total. The van der Waals surface area contributed by atoms with Gasteiger partial charge in [-0.05, 0) is 19.3 Å². The van der Waals surface area contributed by atoms with Crippen molar-refractivity contribution in [1.82, 2.24) is 0 Å². The maximum Gasteiger partial charge on any atom is 0.454 e. The lowest BCUT2D eigenvalue weighted by atomic mass is 9.69. The fourth-order valence-corrected chi connectivity index (χ4v) is 2.26. The number of rotatable bonds is 7. The summed E-state index contributed by atoms with van der Waals surface area (Å²) in [5.74, 6) is -14.7. The normalized spacial score (nSPS) is 15.4. The third kappa shape index (κ3) is 3.86. The van der Waals surface area contributed by atoms with E-state index in [-0.39, 0.29) is 6.08 Å². The molecule has 0 aromatic carbocycles. The van der Waals surface area contributed by atoms with E-state index >= 15 is 0 Å². The van der Waals surface area contributed by atoms with E-state index in [9.17, 15) is 48.7 Å². The standard InChI is InChI=1S/C13H14F10O2/c1-3-7(8(24)25)5-6-9(4-2,10(14,15)12(18,19)20)11(16,17)13(21,22)23/h5H,3-4,6H2,1-2H3,(H,24,25). The number of carboxylic acid groups (broad SMARTS) is 1. The highest BCUT2D eigenvalue weighted by Gasteiger charge is 2.83. The number of alkyl halides is 10. The molecule has 0 fully saturated rings. The molecule has 0 aliphatic carbocycles. The van der Waals surface area contributed by atoms with Crippen molar-refractivity contribution in [1.29, 1.82) is 0 Å². The summed E-state index contributed by atoms with van der Waals surface area (Å²) in [5, 5.41) is 8.68. The van der Waals surface area contributed by atoms with Gasteiger partial charge in [0.1, 0.15) is 5.41 Å². The summed E-state index contributed by atoms with van der Waals surface area (Å²) in [6, 6.07) is 0. The molecule has 0 saturated carbocycles. The first-order chi connectivity index (χ1) is 10.9. The number of hydrogen-bond acceptors (Lipinski definition) is 1. The topological polar surface area (TPSA) is 37.3 Å². The highest BCUT2D eigenvalue weighted by molar-refractivity contribution is 5.86. The first kappa shape index (κ1) is 23.5. The van der Waals surface area contributed by atoms with Crippen LogP contribution in [0.1, 0.15) is 33.1 Å². The summed E-state index contributed by atoms with van der Waals surface area (Å²) in [6.45, 7) is 1.43. The van der Waals surface area contributed by atoms with Crippen LogP contribution in [0.25, 0.3) is 0 Å². The van der Waals surface area contributed by atoms with Crippen molar-refractivity contribution < 1.29 is 53.8 Å². The van der Waals surface area contributed by atoms with E-state index in [2.05, 4.69) is 0 Å². The lowest BCUT2D eigenvalue weighted by Crippen LogP contribution is -2.64. The second kappa shape index (κ2) is 7.02. The Balaban J connectivity index is 6.65. The quantitative estimate of drug-likeness (QED) is 0.453. The van der Waals surface area contributed by atoms with Crippen molar-refractivity contribution in [2.24, 2.45) is 5.41 Å². The molecule has 0 bridgehead atoms. The minimum atomic E-state index is -6.71. The summed E-state index contributed by atoms with van der Waals surface area (Å²) in [7, 11) is 0. The fraction of sp³-hybridized carbons (Fsp3) is 0.769. The van der Waals surface area contributed by atoms with Gasteiger partial charge in [-0.1, -0.05) is 19.9 Å². The molecule has 0 spiro atoms. The van der Waals surface area contributed by atoms with E-state index < -0.39 is 60.4 Å². The summed E-state index contributed by atoms with van der Waals surface area (Å²) in [5.41, 5.74) is -5.81. The Bertz CT molecular complexity index is 490. The van der Waals surface area contributed by atoms with Crippen molar-refractivity contribution in [2.75, 3.05) is 0 Å². The van der Waals surface area contributed by atoms with Gasteiger partial charge in [-0.2, -0.15) is 43.9 Å². The average Bonchev–Trinajstić information content (AvgIpc) is 2.40. The van der Waals surface area contributed by atoms with Gasteiger partial charge in [0.2, 0.25) is 0 Å². The predicted molar refractivity (Wildman–Crippen MR) is 65.4 cm³/mol. The lowest BCUT2D eigenvalue weighted by molar-refractivity contribution is -0.408. The summed E-state index contributed by atoms with van der Waals surface area (Å²) < 4.78 is 131. The number of halogens is 10. The maximum atomic E-state index is 13.8. The van der Waals surface area contributed by atoms with Crippen LogP contribution < -0.4 is 0 Å². The van der Waals surface area contributed by atoms with E-state index in [0.29, 0.717) is 6.92 Å². The largest absolute Gasteiger partial charge is 0.478 e. The molecule has 0 aliphatic heterocycles. The van der Waals surface area contributed by atoms with Gasteiger partial charge in [-0.3, -0.25) is 0 Å². The van der Waals surface area contributed by atoms with Gasteiger partial charge in [-0.25, -0.2) is 4.79 Å². The second-order valence-electron chi connectivity index (χ2n) is 5.17. The predicted octanol–water partition coefficient (Wildman–Crippen LogP) is 5.59. The highest BCUT2D eigenvalue weighted by Crippen LogP contribution is 2.63. The molecule has 0 aromatic rings. The molecular weight excluding hydrogens is 378 g/mol. The average molecular weight is 392 g/mol. The molecule has 148 valence electrons. The Morgan fingerprint density at radius 2 is 1.20 bits per heavy atom. The van der Waals surface area contributed by atoms with Crippen LogP contribution in [0.2, 0.25) is 0 Å². The summed E-state index contributed by atoms with van der Waals surface area (Å²) in [4.78, 5) is 10.7. The molecular formula is C13H14F10O2. The van der Waals surface area contributed by atoms with Crippen LogP contribution in [0.15, 0.2) is 11.6 Å². The molecule has 0 radical (unpaired) electrons. The maximum absolute atomic E-state index is 13.8. The fourth-order valence-electron chi connectivity index (χ4n) is 2.26. The van der Waals surface area contributed by atoms with Crippen LogP contribution in [-0.2, 0) is 4.79 Å². The van der Waals surface area contributed by atoms with Gasteiger partial charge < -0.3 is 5.11 Å². The van der Waals surface area contributed by atoms with Gasteiger partial charge in [0.25, 0.3) is 0 Å². The Morgan fingerprint density at radius 3 is 1.40 bits per heavy atom. The zero-order chi connectivity index (χ0) is 20.5. The SMILES string of the molecule is CCC(=CCC(CC)(C(F)(F)C(F)(F)F)C(F)(F)C(F)(F)F)C(=O)O. The first-order valence-corrected chi connectivity index (χ1v) is 6.74. The van der Waals surface area contributed by atoms with Crippen LogP contribution in [-0.4, -0.2) is 35.3 Å². The molecule has 25 heavy (non-hydrogen) atoms. The van der Waals surface area contributed by atoms with E-state index in [1.54, 1.807) is 0 Å². The minimum absolute atomic E-state index is 0.0468. The summed E-state index contributed by atoms with van der Waals surface area (Å²) in [6.07, 6.45) is -17.9. The first-order valence-electron chi connectivity index (χ1n) is 6.74. The molecule has 2 nitrogen and oxygen atoms in total. The van der Waals surface area contributed by atoms with Gasteiger partial charge in [-0.15, -0.1) is 0 Å². The Hall–Kier alpha value is -1.49. The van der Waals surface area contributed by atoms with Crippen molar-refractivity contribution in [2.45, 2.75) is 57.3 Å². The van der Waals surface area contributed by atoms with Crippen molar-refractivity contribution in [3.8, 4) is 0 Å². The van der Waals surface area contributed by atoms with Gasteiger partial charge in [0, 0.05) is 5.57 Å². The lowest BCUT2D eigenvalue weighted by Gasteiger charge is -2.45. The minimum Gasteiger partial charge on any atom is -0.478 e. The number of aliphatic carboxylic acids is 1. The molecule has 0 aliphatic rings. The zero-order valence-corrected chi connectivity index (χ0v) is 12.8. The second-order valence-corrected chi connectivity index (χ2v) is 5.17. The van der Waals surface area contributed by atoms with Crippen LogP contribution in [0.5, 0.6) is 0 Å². The molecule has 0 saturated heterocycles. The van der Waals surface area contributed by atoms with Crippen molar-refractivity contribution in [3.63, 3.8) is 0 Å². The third-order valence-electron chi connectivity index (χ3n) is 3.87. The Morgan fingerprint density at radius 1 is 0.840 bits per heavy atom. The molecule has 0 amide bonds. The number of carboxylic acids is 1. The van der Waals surface area contributed by atoms with E-state index in [4.69, 9.17) is 5.11 Å². The zero-order valence-electron chi connectivity index (χ0n) is 12.8. The van der Waals surface area contributed by atoms with E-state index in [1.807, 2.05) is 0 Å². The number of carbonyl (C=O) groups is 1. The third-order valence-corrected chi connectivity index (χ3v) is 3.87. The van der Waals surface area contributed by atoms with Crippen LogP contribution in [0, 0.1) is 5.41 Å². The molecule has 0 unspecified atom stereocenters. The number of hydrogen-bond donors (Lipinski definition) is 1. The van der Waals surface area contributed by atoms with Crippen LogP contribution in [0.3, 0.4) is 0 Å². The van der Waals surface area contributed by atoms with Gasteiger partial charge >= 0.3 is 30.2 Å². The number of allylic oxidation sites excluding steroid dienone is 1. The van der Waals surface area contributed by atoms with Crippen molar-refractivity contribution >= 4 is 5.97 Å². The van der Waals surface area contributed by atoms with E-state index in [0.717, 1.165) is 6.92 Å². The highest BCUT2D eigenvalue weighted by atomic mass is 19.4. The molecule has 0 aromatic heterocycles. The van der Waals surface area contributed by atoms with Crippen LogP contribution in [0.4, 0.5) is 43.9 Å². The molecule has 0 heterocycles. The van der Waals surface area contributed by atoms with Gasteiger partial charge in [0.15, 0.2) is 0 Å². The Labute approximate surface area is 135 Å². The van der Waals surface area contributed by atoms with Crippen LogP contribution >= 0.6 is 0 Å². The summed E-state index contributed by atoms with van der Waals surface area (Å²) >= 11 is 0. The van der Waals surface area contributed by atoms with Crippen molar-refractivity contribution in [3.05, 3.63) is 11.6 Å². The molecule has 0 rings (SSSR count).